The zero-order valence-corrected chi connectivity index (χ0v) is 10.7. The van der Waals surface area contributed by atoms with Gasteiger partial charge in [-0.25, -0.2) is 4.31 Å². The summed E-state index contributed by atoms with van der Waals surface area (Å²) in [4.78, 5) is 0. The second kappa shape index (κ2) is 5.03. The van der Waals surface area contributed by atoms with Crippen molar-refractivity contribution in [1.82, 2.24) is 0 Å². The van der Waals surface area contributed by atoms with E-state index in [0.29, 0.717) is 5.69 Å². The van der Waals surface area contributed by atoms with Crippen LogP contribution < -0.4 is 4.31 Å². The molecule has 0 saturated heterocycles. The maximum Gasteiger partial charge on any atom is 0.360 e. The highest BCUT2D eigenvalue weighted by atomic mass is 35.5. The van der Waals surface area contributed by atoms with Gasteiger partial charge in [-0.2, -0.15) is 8.42 Å². The van der Waals surface area contributed by atoms with E-state index in [0.717, 1.165) is 15.4 Å². The Morgan fingerprint density at radius 2 is 1.81 bits per heavy atom. The Balaban J connectivity index is 3.32. The molecule has 0 bridgehead atoms. The molecule has 0 atom stereocenters. The van der Waals surface area contributed by atoms with E-state index in [1.807, 2.05) is 6.07 Å². The molecule has 4 nitrogen and oxygen atoms in total. The summed E-state index contributed by atoms with van der Waals surface area (Å²) in [5.74, 6) is 0.119. The normalized spacial score (nSPS) is 11.5. The zero-order valence-electron chi connectivity index (χ0n) is 9.14. The molecule has 16 heavy (non-hydrogen) atoms. The van der Waals surface area contributed by atoms with E-state index in [1.165, 1.54) is 0 Å². The average molecular weight is 264 g/mol. The summed E-state index contributed by atoms with van der Waals surface area (Å²) >= 11 is 5.54. The standard InChI is InChI=1S/C10H14ClNO3S/c1-8-4-3-5-9(2)10(8)12(7-6-11)16(13,14)15/h3-5H,6-7H2,1-2H3,(H,13,14,15). The van der Waals surface area contributed by atoms with Crippen molar-refractivity contribution in [3.05, 3.63) is 29.3 Å². The van der Waals surface area contributed by atoms with Gasteiger partial charge in [0.2, 0.25) is 0 Å². The van der Waals surface area contributed by atoms with Crippen molar-refractivity contribution in [1.29, 1.82) is 0 Å². The molecule has 0 aliphatic rings. The van der Waals surface area contributed by atoms with Crippen LogP contribution in [0.2, 0.25) is 0 Å². The number of alkyl halides is 1. The van der Waals surface area contributed by atoms with E-state index in [2.05, 4.69) is 0 Å². The van der Waals surface area contributed by atoms with Gasteiger partial charge in [-0.3, -0.25) is 4.55 Å². The number of hydrogen-bond acceptors (Lipinski definition) is 2. The Morgan fingerprint density at radius 3 is 2.19 bits per heavy atom. The highest BCUT2D eigenvalue weighted by Crippen LogP contribution is 2.26. The number of halogens is 1. The minimum atomic E-state index is -4.28. The minimum Gasteiger partial charge on any atom is -0.269 e. The van der Waals surface area contributed by atoms with Crippen molar-refractivity contribution in [2.24, 2.45) is 0 Å². The molecule has 0 amide bonds. The molecule has 1 aromatic rings. The number of para-hydroxylation sites is 1. The van der Waals surface area contributed by atoms with Crippen molar-refractivity contribution in [2.75, 3.05) is 16.7 Å². The van der Waals surface area contributed by atoms with Crippen molar-refractivity contribution in [2.45, 2.75) is 13.8 Å². The van der Waals surface area contributed by atoms with Gasteiger partial charge in [0.05, 0.1) is 5.69 Å². The van der Waals surface area contributed by atoms with Crippen molar-refractivity contribution in [3.8, 4) is 0 Å². The van der Waals surface area contributed by atoms with E-state index >= 15 is 0 Å². The Bertz CT molecular complexity index is 453. The summed E-state index contributed by atoms with van der Waals surface area (Å²) in [7, 11) is -4.28. The highest BCUT2D eigenvalue weighted by Gasteiger charge is 2.21. The van der Waals surface area contributed by atoms with Gasteiger partial charge < -0.3 is 0 Å². The minimum absolute atomic E-state index is 0.0477. The molecule has 6 heteroatoms. The molecule has 1 aromatic carbocycles. The van der Waals surface area contributed by atoms with Crippen LogP contribution in [0.25, 0.3) is 0 Å². The van der Waals surface area contributed by atoms with Crippen LogP contribution in [0.15, 0.2) is 18.2 Å². The fourth-order valence-electron chi connectivity index (χ4n) is 1.62. The summed E-state index contributed by atoms with van der Waals surface area (Å²) in [5, 5.41) is 0. The van der Waals surface area contributed by atoms with Crippen LogP contribution in [-0.4, -0.2) is 25.4 Å². The van der Waals surface area contributed by atoms with Crippen molar-refractivity contribution < 1.29 is 13.0 Å². The number of benzene rings is 1. The van der Waals surface area contributed by atoms with Gasteiger partial charge in [-0.05, 0) is 25.0 Å². The second-order valence-electron chi connectivity index (χ2n) is 3.48. The second-order valence-corrected chi connectivity index (χ2v) is 5.19. The monoisotopic (exact) mass is 263 g/mol. The lowest BCUT2D eigenvalue weighted by molar-refractivity contribution is 0.478. The molecule has 1 rings (SSSR count). The van der Waals surface area contributed by atoms with E-state index in [1.54, 1.807) is 26.0 Å². The molecule has 0 aromatic heterocycles. The molecular weight excluding hydrogens is 250 g/mol. The van der Waals surface area contributed by atoms with Gasteiger partial charge in [-0.1, -0.05) is 18.2 Å². The molecule has 90 valence electrons. The fraction of sp³-hybridized carbons (Fsp3) is 0.400. The number of nitrogens with zero attached hydrogens (tertiary/aromatic N) is 1. The van der Waals surface area contributed by atoms with Crippen LogP contribution in [0.4, 0.5) is 5.69 Å². The van der Waals surface area contributed by atoms with Crippen LogP contribution in [0.3, 0.4) is 0 Å². The lowest BCUT2D eigenvalue weighted by Gasteiger charge is -2.23. The predicted octanol–water partition coefficient (Wildman–Crippen LogP) is 2.15. The Hall–Kier alpha value is -0.780. The van der Waals surface area contributed by atoms with E-state index in [4.69, 9.17) is 16.2 Å². The molecular formula is C10H14ClNO3S. The van der Waals surface area contributed by atoms with E-state index in [9.17, 15) is 8.42 Å². The van der Waals surface area contributed by atoms with Crippen LogP contribution in [0.1, 0.15) is 11.1 Å². The summed E-state index contributed by atoms with van der Waals surface area (Å²) in [6, 6.07) is 5.40. The topological polar surface area (TPSA) is 57.6 Å². The Morgan fingerprint density at radius 1 is 1.31 bits per heavy atom. The number of hydrogen-bond donors (Lipinski definition) is 1. The average Bonchev–Trinajstić information content (AvgIpc) is 2.14. The first-order valence-corrected chi connectivity index (χ1v) is 6.68. The molecule has 0 unspecified atom stereocenters. The molecule has 0 fully saturated rings. The van der Waals surface area contributed by atoms with Crippen molar-refractivity contribution >= 4 is 27.6 Å². The first kappa shape index (κ1) is 13.3. The lowest BCUT2D eigenvalue weighted by Crippen LogP contribution is -2.33. The molecule has 0 saturated carbocycles. The zero-order chi connectivity index (χ0) is 12.3. The maximum absolute atomic E-state index is 11.2. The summed E-state index contributed by atoms with van der Waals surface area (Å²) in [6.45, 7) is 3.62. The van der Waals surface area contributed by atoms with E-state index in [-0.39, 0.29) is 12.4 Å². The molecule has 0 aliphatic carbocycles. The van der Waals surface area contributed by atoms with Crippen LogP contribution in [0, 0.1) is 13.8 Å². The summed E-state index contributed by atoms with van der Waals surface area (Å²) < 4.78 is 32.6. The number of aryl methyl sites for hydroxylation is 2. The number of rotatable bonds is 4. The first-order valence-electron chi connectivity index (χ1n) is 4.75. The fourth-order valence-corrected chi connectivity index (χ4v) is 2.73. The van der Waals surface area contributed by atoms with Crippen molar-refractivity contribution in [3.63, 3.8) is 0 Å². The lowest BCUT2D eigenvalue weighted by atomic mass is 10.1. The van der Waals surface area contributed by atoms with Crippen LogP contribution >= 0.6 is 11.6 Å². The van der Waals surface area contributed by atoms with Crippen LogP contribution in [0.5, 0.6) is 0 Å². The Labute approximate surface area is 101 Å². The smallest absolute Gasteiger partial charge is 0.269 e. The predicted molar refractivity (Wildman–Crippen MR) is 65.5 cm³/mol. The Kier molecular flexibility index (Phi) is 4.18. The largest absolute Gasteiger partial charge is 0.360 e. The molecule has 0 aliphatic heterocycles. The molecule has 0 radical (unpaired) electrons. The molecule has 1 N–H and O–H groups in total. The summed E-state index contributed by atoms with van der Waals surface area (Å²) in [6.07, 6.45) is 0. The van der Waals surface area contributed by atoms with Gasteiger partial charge in [0.15, 0.2) is 0 Å². The van der Waals surface area contributed by atoms with Gasteiger partial charge in [0, 0.05) is 12.4 Å². The first-order chi connectivity index (χ1) is 7.38. The highest BCUT2D eigenvalue weighted by molar-refractivity contribution is 7.87. The summed E-state index contributed by atoms with van der Waals surface area (Å²) in [5.41, 5.74) is 2.05. The van der Waals surface area contributed by atoms with Gasteiger partial charge >= 0.3 is 10.3 Å². The van der Waals surface area contributed by atoms with Gasteiger partial charge in [0.1, 0.15) is 0 Å². The maximum atomic E-state index is 11.2. The SMILES string of the molecule is Cc1cccc(C)c1N(CCCl)S(=O)(=O)O. The van der Waals surface area contributed by atoms with E-state index < -0.39 is 10.3 Å². The third-order valence-electron chi connectivity index (χ3n) is 2.26. The molecule has 0 spiro atoms. The van der Waals surface area contributed by atoms with Gasteiger partial charge in [0.25, 0.3) is 0 Å². The quantitative estimate of drug-likeness (QED) is 0.669. The number of anilines is 1. The van der Waals surface area contributed by atoms with Crippen LogP contribution in [-0.2, 0) is 10.3 Å². The third-order valence-corrected chi connectivity index (χ3v) is 3.35. The third kappa shape index (κ3) is 2.87. The van der Waals surface area contributed by atoms with Gasteiger partial charge in [-0.15, -0.1) is 11.6 Å². The molecule has 0 heterocycles.